The summed E-state index contributed by atoms with van der Waals surface area (Å²) < 4.78 is 1.31. The normalized spacial score (nSPS) is 10.7. The van der Waals surface area contributed by atoms with E-state index >= 15 is 0 Å². The maximum atomic E-state index is 2.35. The van der Waals surface area contributed by atoms with Crippen LogP contribution in [-0.2, 0) is 0 Å². The molecule has 0 radical (unpaired) electrons. The standard InChI is InChI=1S/C10H11I/c1-2-3-6-9-7-4-5-8-10(9)11/h3-8H,2H2,1H3. The highest BCUT2D eigenvalue weighted by molar-refractivity contribution is 14.1. The number of halogens is 1. The van der Waals surface area contributed by atoms with Crippen LogP contribution >= 0.6 is 22.6 Å². The van der Waals surface area contributed by atoms with E-state index in [0.29, 0.717) is 0 Å². The first-order chi connectivity index (χ1) is 5.34. The van der Waals surface area contributed by atoms with E-state index in [1.807, 2.05) is 0 Å². The van der Waals surface area contributed by atoms with Gasteiger partial charge in [-0.25, -0.2) is 0 Å². The average molecular weight is 258 g/mol. The zero-order valence-corrected chi connectivity index (χ0v) is 8.71. The van der Waals surface area contributed by atoms with Crippen LogP contribution in [0.4, 0.5) is 0 Å². The Kier molecular flexibility index (Phi) is 3.63. The molecule has 0 amide bonds. The Balaban J connectivity index is 2.86. The van der Waals surface area contributed by atoms with Crippen molar-refractivity contribution in [2.75, 3.05) is 0 Å². The minimum absolute atomic E-state index is 1.10. The first-order valence-corrected chi connectivity index (χ1v) is 4.83. The molecule has 0 saturated heterocycles. The Morgan fingerprint density at radius 1 is 1.36 bits per heavy atom. The molecule has 0 heterocycles. The Hall–Kier alpha value is -0.310. The molecule has 1 aromatic rings. The first kappa shape index (κ1) is 8.78. The molecule has 1 aromatic carbocycles. The number of allylic oxidation sites excluding steroid dienone is 1. The van der Waals surface area contributed by atoms with Crippen LogP contribution in [0.3, 0.4) is 0 Å². The summed E-state index contributed by atoms with van der Waals surface area (Å²) in [6.45, 7) is 2.15. The van der Waals surface area contributed by atoms with E-state index in [2.05, 4.69) is 65.9 Å². The smallest absolute Gasteiger partial charge is 0.0202 e. The fraction of sp³-hybridized carbons (Fsp3) is 0.200. The third-order valence-corrected chi connectivity index (χ3v) is 2.42. The Morgan fingerprint density at radius 3 is 2.73 bits per heavy atom. The number of rotatable bonds is 2. The summed E-state index contributed by atoms with van der Waals surface area (Å²) in [6.07, 6.45) is 5.45. The van der Waals surface area contributed by atoms with E-state index in [4.69, 9.17) is 0 Å². The fourth-order valence-electron chi connectivity index (χ4n) is 0.855. The van der Waals surface area contributed by atoms with E-state index in [1.165, 1.54) is 9.13 Å². The summed E-state index contributed by atoms with van der Waals surface area (Å²) in [5.74, 6) is 0. The largest absolute Gasteiger partial charge is 0.0842 e. The van der Waals surface area contributed by atoms with Crippen molar-refractivity contribution in [3.8, 4) is 0 Å². The molecule has 11 heavy (non-hydrogen) atoms. The van der Waals surface area contributed by atoms with E-state index in [-0.39, 0.29) is 0 Å². The zero-order chi connectivity index (χ0) is 8.10. The summed E-state index contributed by atoms with van der Waals surface area (Å²) in [4.78, 5) is 0. The minimum Gasteiger partial charge on any atom is -0.0842 e. The summed E-state index contributed by atoms with van der Waals surface area (Å²) in [5.41, 5.74) is 1.31. The van der Waals surface area contributed by atoms with Crippen LogP contribution in [0.25, 0.3) is 6.08 Å². The highest BCUT2D eigenvalue weighted by Crippen LogP contribution is 2.12. The van der Waals surface area contributed by atoms with Crippen molar-refractivity contribution in [1.82, 2.24) is 0 Å². The molecule has 0 fully saturated rings. The lowest BCUT2D eigenvalue weighted by Gasteiger charge is -1.95. The fourth-order valence-corrected chi connectivity index (χ4v) is 1.42. The molecular weight excluding hydrogens is 247 g/mol. The summed E-state index contributed by atoms with van der Waals surface area (Å²) >= 11 is 2.35. The second-order valence-corrected chi connectivity index (χ2v) is 3.49. The number of hydrogen-bond donors (Lipinski definition) is 0. The Bertz CT molecular complexity index is 251. The van der Waals surface area contributed by atoms with Gasteiger partial charge in [-0.05, 0) is 40.6 Å². The van der Waals surface area contributed by atoms with Crippen LogP contribution in [0, 0.1) is 3.57 Å². The minimum atomic E-state index is 1.10. The molecule has 0 unspecified atom stereocenters. The quantitative estimate of drug-likeness (QED) is 0.709. The van der Waals surface area contributed by atoms with Gasteiger partial charge in [-0.3, -0.25) is 0 Å². The van der Waals surface area contributed by atoms with Gasteiger partial charge in [-0.2, -0.15) is 0 Å². The molecule has 0 saturated carbocycles. The van der Waals surface area contributed by atoms with Gasteiger partial charge < -0.3 is 0 Å². The van der Waals surface area contributed by atoms with Crippen molar-refractivity contribution < 1.29 is 0 Å². The lowest BCUT2D eigenvalue weighted by Crippen LogP contribution is -1.76. The van der Waals surface area contributed by atoms with Crippen molar-refractivity contribution in [3.05, 3.63) is 39.5 Å². The van der Waals surface area contributed by atoms with Crippen molar-refractivity contribution in [3.63, 3.8) is 0 Å². The molecule has 1 rings (SSSR count). The van der Waals surface area contributed by atoms with Crippen molar-refractivity contribution >= 4 is 28.7 Å². The molecular formula is C10H11I. The lowest BCUT2D eigenvalue weighted by molar-refractivity contribution is 1.23. The van der Waals surface area contributed by atoms with Crippen LogP contribution in [0.5, 0.6) is 0 Å². The SMILES string of the molecule is CCC=Cc1ccccc1I. The molecule has 0 N–H and O–H groups in total. The summed E-state index contributed by atoms with van der Waals surface area (Å²) in [7, 11) is 0. The van der Waals surface area contributed by atoms with Crippen LogP contribution in [-0.4, -0.2) is 0 Å². The molecule has 0 atom stereocenters. The highest BCUT2D eigenvalue weighted by Gasteiger charge is 1.90. The van der Waals surface area contributed by atoms with Crippen molar-refractivity contribution in [2.45, 2.75) is 13.3 Å². The van der Waals surface area contributed by atoms with E-state index < -0.39 is 0 Å². The molecule has 0 nitrogen and oxygen atoms in total. The maximum Gasteiger partial charge on any atom is 0.0202 e. The van der Waals surface area contributed by atoms with Gasteiger partial charge in [0.05, 0.1) is 0 Å². The predicted molar refractivity (Wildman–Crippen MR) is 58.5 cm³/mol. The van der Waals surface area contributed by atoms with Crippen LogP contribution in [0.1, 0.15) is 18.9 Å². The topological polar surface area (TPSA) is 0 Å². The van der Waals surface area contributed by atoms with Gasteiger partial charge in [-0.1, -0.05) is 37.3 Å². The second-order valence-electron chi connectivity index (χ2n) is 2.33. The van der Waals surface area contributed by atoms with Gasteiger partial charge in [0.2, 0.25) is 0 Å². The number of hydrogen-bond acceptors (Lipinski definition) is 0. The van der Waals surface area contributed by atoms with Crippen LogP contribution in [0.2, 0.25) is 0 Å². The summed E-state index contributed by atoms with van der Waals surface area (Å²) in [6, 6.07) is 8.38. The molecule has 0 aliphatic carbocycles. The maximum absolute atomic E-state index is 2.35. The molecule has 0 aliphatic heterocycles. The molecule has 0 aliphatic rings. The van der Waals surface area contributed by atoms with E-state index in [0.717, 1.165) is 6.42 Å². The van der Waals surface area contributed by atoms with Gasteiger partial charge in [0.1, 0.15) is 0 Å². The third-order valence-electron chi connectivity index (χ3n) is 1.44. The molecule has 1 heteroatoms. The van der Waals surface area contributed by atoms with Gasteiger partial charge in [0.25, 0.3) is 0 Å². The molecule has 0 bridgehead atoms. The Labute approximate surface area is 81.5 Å². The number of benzene rings is 1. The van der Waals surface area contributed by atoms with E-state index in [1.54, 1.807) is 0 Å². The van der Waals surface area contributed by atoms with Crippen LogP contribution in [0.15, 0.2) is 30.3 Å². The Morgan fingerprint density at radius 2 is 2.09 bits per heavy atom. The zero-order valence-electron chi connectivity index (χ0n) is 6.55. The van der Waals surface area contributed by atoms with Crippen LogP contribution < -0.4 is 0 Å². The summed E-state index contributed by atoms with van der Waals surface area (Å²) in [5, 5.41) is 0. The molecule has 58 valence electrons. The second kappa shape index (κ2) is 4.54. The molecule has 0 spiro atoms. The third kappa shape index (κ3) is 2.66. The van der Waals surface area contributed by atoms with Crippen molar-refractivity contribution in [1.29, 1.82) is 0 Å². The van der Waals surface area contributed by atoms with Gasteiger partial charge >= 0.3 is 0 Å². The average Bonchev–Trinajstić information content (AvgIpc) is 2.03. The van der Waals surface area contributed by atoms with Gasteiger partial charge in [0, 0.05) is 3.57 Å². The van der Waals surface area contributed by atoms with Gasteiger partial charge in [0.15, 0.2) is 0 Å². The van der Waals surface area contributed by atoms with Crippen molar-refractivity contribution in [2.24, 2.45) is 0 Å². The lowest BCUT2D eigenvalue weighted by atomic mass is 10.2. The highest BCUT2D eigenvalue weighted by atomic mass is 127. The van der Waals surface area contributed by atoms with E-state index in [9.17, 15) is 0 Å². The first-order valence-electron chi connectivity index (χ1n) is 3.75. The monoisotopic (exact) mass is 258 g/mol. The predicted octanol–water partition coefficient (Wildman–Crippen LogP) is 3.71. The van der Waals surface area contributed by atoms with Gasteiger partial charge in [-0.15, -0.1) is 0 Å². The molecule has 0 aromatic heterocycles.